The fraction of sp³-hybridized carbons (Fsp3) is 0.364. The molecule has 0 saturated carbocycles. The van der Waals surface area contributed by atoms with E-state index in [4.69, 9.17) is 10.4 Å². The highest BCUT2D eigenvalue weighted by Gasteiger charge is 2.36. The van der Waals surface area contributed by atoms with E-state index in [0.717, 1.165) is 29.4 Å². The van der Waals surface area contributed by atoms with Gasteiger partial charge in [-0.05, 0) is 42.2 Å². The number of amides is 1. The van der Waals surface area contributed by atoms with Crippen molar-refractivity contribution in [1.82, 2.24) is 9.47 Å². The summed E-state index contributed by atoms with van der Waals surface area (Å²) in [4.78, 5) is 38.2. The van der Waals surface area contributed by atoms with Gasteiger partial charge in [-0.15, -0.1) is 11.8 Å². The Bertz CT molecular complexity index is 1100. The fourth-order valence-corrected chi connectivity index (χ4v) is 5.08. The number of rotatable bonds is 5. The van der Waals surface area contributed by atoms with Crippen LogP contribution in [-0.2, 0) is 16.1 Å². The molecule has 1 aromatic heterocycles. The predicted octanol–water partition coefficient (Wildman–Crippen LogP) is 2.15. The first-order valence-electron chi connectivity index (χ1n) is 9.78. The molecule has 7 nitrogen and oxygen atoms in total. The summed E-state index contributed by atoms with van der Waals surface area (Å²) in [6.45, 7) is 1.69. The van der Waals surface area contributed by atoms with Gasteiger partial charge in [-0.2, -0.15) is 5.26 Å². The number of thioether (sulfide) groups is 1. The highest BCUT2D eigenvalue weighted by Crippen LogP contribution is 2.36. The van der Waals surface area contributed by atoms with Gasteiger partial charge in [-0.1, -0.05) is 12.1 Å². The molecule has 154 valence electrons. The van der Waals surface area contributed by atoms with Gasteiger partial charge in [-0.3, -0.25) is 14.4 Å². The van der Waals surface area contributed by atoms with Gasteiger partial charge in [0, 0.05) is 36.8 Å². The van der Waals surface area contributed by atoms with Crippen LogP contribution in [0.5, 0.6) is 0 Å². The topological polar surface area (TPSA) is 103 Å². The average Bonchev–Trinajstić information content (AvgIpc) is 2.74. The van der Waals surface area contributed by atoms with Crippen LogP contribution in [0.1, 0.15) is 23.6 Å². The zero-order chi connectivity index (χ0) is 21.3. The standard InChI is InChI=1S/C22H21N3O4S/c23-8-14-2-1-3-16(6-14)18-4-5-19-17-7-15(10-25(19)22(18)29)9-24(11-17)20(26)12-30-13-21(27)28/h1-6,15,17H,7,9-13H2,(H,27,28)/t15-,17+/m0/s1. The van der Waals surface area contributed by atoms with Gasteiger partial charge in [0.25, 0.3) is 5.56 Å². The molecule has 0 aliphatic carbocycles. The second-order valence-electron chi connectivity index (χ2n) is 7.76. The first-order valence-corrected chi connectivity index (χ1v) is 10.9. The van der Waals surface area contributed by atoms with E-state index >= 15 is 0 Å². The number of piperidine rings is 1. The maximum absolute atomic E-state index is 13.2. The summed E-state index contributed by atoms with van der Waals surface area (Å²) < 4.78 is 1.83. The quantitative estimate of drug-likeness (QED) is 0.790. The highest BCUT2D eigenvalue weighted by atomic mass is 32.2. The summed E-state index contributed by atoms with van der Waals surface area (Å²) in [6.07, 6.45) is 0.939. The van der Waals surface area contributed by atoms with Crippen LogP contribution in [0.15, 0.2) is 41.2 Å². The van der Waals surface area contributed by atoms with Gasteiger partial charge in [0.15, 0.2) is 0 Å². The number of benzene rings is 1. The molecule has 2 aliphatic heterocycles. The second kappa shape index (κ2) is 8.36. The third kappa shape index (κ3) is 3.98. The van der Waals surface area contributed by atoms with Crippen molar-refractivity contribution in [1.29, 1.82) is 5.26 Å². The number of aliphatic carboxylic acids is 1. The monoisotopic (exact) mass is 423 g/mol. The lowest BCUT2D eigenvalue weighted by molar-refractivity contribution is -0.133. The second-order valence-corrected chi connectivity index (χ2v) is 8.75. The molecule has 0 radical (unpaired) electrons. The number of pyridine rings is 1. The Balaban J connectivity index is 1.57. The van der Waals surface area contributed by atoms with E-state index in [2.05, 4.69) is 6.07 Å². The Hall–Kier alpha value is -3.05. The number of aromatic nitrogens is 1. The van der Waals surface area contributed by atoms with Crippen molar-refractivity contribution in [3.05, 3.63) is 58.0 Å². The molecule has 1 saturated heterocycles. The smallest absolute Gasteiger partial charge is 0.313 e. The molecule has 2 aliphatic rings. The minimum Gasteiger partial charge on any atom is -0.481 e. The minimum atomic E-state index is -0.923. The van der Waals surface area contributed by atoms with E-state index in [-0.39, 0.29) is 34.8 Å². The van der Waals surface area contributed by atoms with Crippen LogP contribution in [0.25, 0.3) is 11.1 Å². The van der Waals surface area contributed by atoms with Crippen LogP contribution in [0.3, 0.4) is 0 Å². The molecule has 3 heterocycles. The van der Waals surface area contributed by atoms with Gasteiger partial charge in [0.1, 0.15) is 0 Å². The van der Waals surface area contributed by atoms with Gasteiger partial charge in [0.05, 0.1) is 23.1 Å². The van der Waals surface area contributed by atoms with Crippen LogP contribution in [-0.4, -0.2) is 51.0 Å². The Kier molecular flexibility index (Phi) is 5.64. The summed E-state index contributed by atoms with van der Waals surface area (Å²) in [5.41, 5.74) is 2.70. The average molecular weight is 423 g/mol. The third-order valence-corrected chi connectivity index (χ3v) is 6.61. The molecule has 2 bridgehead atoms. The first kappa shape index (κ1) is 20.2. The van der Waals surface area contributed by atoms with E-state index in [1.165, 1.54) is 0 Å². The maximum atomic E-state index is 13.2. The largest absolute Gasteiger partial charge is 0.481 e. The van der Waals surface area contributed by atoms with Crippen LogP contribution in [0, 0.1) is 17.2 Å². The van der Waals surface area contributed by atoms with Crippen LogP contribution >= 0.6 is 11.8 Å². The Morgan fingerprint density at radius 2 is 2.00 bits per heavy atom. The number of carbonyl (C=O) groups is 2. The van der Waals surface area contributed by atoms with Crippen molar-refractivity contribution >= 4 is 23.6 Å². The molecule has 1 N–H and O–H groups in total. The number of carbonyl (C=O) groups excluding carboxylic acids is 1. The lowest BCUT2D eigenvalue weighted by Crippen LogP contribution is -2.49. The van der Waals surface area contributed by atoms with E-state index < -0.39 is 5.97 Å². The van der Waals surface area contributed by atoms with Gasteiger partial charge >= 0.3 is 5.97 Å². The van der Waals surface area contributed by atoms with Gasteiger partial charge < -0.3 is 14.6 Å². The summed E-state index contributed by atoms with van der Waals surface area (Å²) >= 11 is 1.11. The molecule has 2 atom stereocenters. The Morgan fingerprint density at radius 3 is 2.77 bits per heavy atom. The normalized spacial score (nSPS) is 19.6. The molecule has 0 spiro atoms. The molecule has 0 unspecified atom stereocenters. The minimum absolute atomic E-state index is 0.0447. The molecule has 1 aromatic carbocycles. The zero-order valence-electron chi connectivity index (χ0n) is 16.3. The molecular formula is C22H21N3O4S. The number of fused-ring (bicyclic) bond motifs is 4. The van der Waals surface area contributed by atoms with Crippen LogP contribution in [0.4, 0.5) is 0 Å². The lowest BCUT2D eigenvalue weighted by Gasteiger charge is -2.43. The molecule has 30 heavy (non-hydrogen) atoms. The van der Waals surface area contributed by atoms with E-state index in [1.54, 1.807) is 18.2 Å². The van der Waals surface area contributed by atoms with E-state index in [9.17, 15) is 14.4 Å². The third-order valence-electron chi connectivity index (χ3n) is 5.71. The Labute approximate surface area is 177 Å². The summed E-state index contributed by atoms with van der Waals surface area (Å²) in [5, 5.41) is 17.9. The first-order chi connectivity index (χ1) is 14.5. The Morgan fingerprint density at radius 1 is 1.17 bits per heavy atom. The van der Waals surface area contributed by atoms with Crippen molar-refractivity contribution in [2.45, 2.75) is 18.9 Å². The zero-order valence-corrected chi connectivity index (χ0v) is 17.1. The van der Waals surface area contributed by atoms with E-state index in [0.29, 0.717) is 30.8 Å². The summed E-state index contributed by atoms with van der Waals surface area (Å²) in [5.74, 6) is -0.599. The number of likely N-dealkylation sites (tertiary alicyclic amines) is 1. The van der Waals surface area contributed by atoms with Crippen molar-refractivity contribution in [3.63, 3.8) is 0 Å². The number of carboxylic acid groups (broad SMARTS) is 1. The summed E-state index contributed by atoms with van der Waals surface area (Å²) in [6, 6.07) is 12.9. The van der Waals surface area contributed by atoms with Gasteiger partial charge in [0.2, 0.25) is 5.91 Å². The fourth-order valence-electron chi connectivity index (χ4n) is 4.44. The number of nitrogens with zero attached hydrogens (tertiary/aromatic N) is 3. The molecule has 1 fully saturated rings. The van der Waals surface area contributed by atoms with E-state index in [1.807, 2.05) is 27.7 Å². The summed E-state index contributed by atoms with van der Waals surface area (Å²) in [7, 11) is 0. The van der Waals surface area contributed by atoms with Crippen molar-refractivity contribution in [3.8, 4) is 17.2 Å². The van der Waals surface area contributed by atoms with Crippen molar-refractivity contribution < 1.29 is 14.7 Å². The van der Waals surface area contributed by atoms with Crippen molar-refractivity contribution in [2.75, 3.05) is 24.6 Å². The molecular weight excluding hydrogens is 402 g/mol. The molecule has 2 aromatic rings. The number of hydrogen-bond donors (Lipinski definition) is 1. The lowest BCUT2D eigenvalue weighted by atomic mass is 9.82. The molecule has 1 amide bonds. The highest BCUT2D eigenvalue weighted by molar-refractivity contribution is 8.00. The van der Waals surface area contributed by atoms with Crippen molar-refractivity contribution in [2.24, 2.45) is 5.92 Å². The van der Waals surface area contributed by atoms with Gasteiger partial charge in [-0.25, -0.2) is 0 Å². The SMILES string of the molecule is N#Cc1cccc(-c2ccc3n(c2=O)C[C@H]2C[C@@H]3CN(C(=O)CSCC(=O)O)C2)c1. The number of hydrogen-bond acceptors (Lipinski definition) is 5. The number of carboxylic acids is 1. The maximum Gasteiger partial charge on any atom is 0.313 e. The van der Waals surface area contributed by atoms with Crippen LogP contribution in [0.2, 0.25) is 0 Å². The molecule has 4 rings (SSSR count). The predicted molar refractivity (Wildman–Crippen MR) is 113 cm³/mol. The van der Waals surface area contributed by atoms with Crippen LogP contribution < -0.4 is 5.56 Å². The number of nitriles is 1. The molecule has 8 heteroatoms.